The van der Waals surface area contributed by atoms with Crippen LogP contribution in [-0.2, 0) is 0 Å². The zero-order valence-electron chi connectivity index (χ0n) is 8.55. The molecule has 0 amide bonds. The minimum Gasteiger partial charge on any atom is -0.507 e. The maximum atomic E-state index is 9.80. The second kappa shape index (κ2) is 3.60. The van der Waals surface area contributed by atoms with Crippen molar-refractivity contribution in [2.45, 2.75) is 20.8 Å². The summed E-state index contributed by atoms with van der Waals surface area (Å²) in [6, 6.07) is 3.90. The average molecular weight is 177 g/mol. The van der Waals surface area contributed by atoms with Gasteiger partial charge in [-0.1, -0.05) is 6.07 Å². The van der Waals surface area contributed by atoms with Crippen molar-refractivity contribution < 1.29 is 5.11 Å². The molecule has 0 aliphatic rings. The molecule has 0 bridgehead atoms. The van der Waals surface area contributed by atoms with E-state index in [9.17, 15) is 5.11 Å². The molecule has 0 aliphatic heterocycles. The number of aryl methyl sites for hydroxylation is 1. The summed E-state index contributed by atoms with van der Waals surface area (Å²) in [7, 11) is 1.73. The third-order valence-electron chi connectivity index (χ3n) is 2.43. The van der Waals surface area contributed by atoms with Crippen LogP contribution in [0.3, 0.4) is 0 Å². The third-order valence-corrected chi connectivity index (χ3v) is 2.43. The van der Waals surface area contributed by atoms with E-state index in [1.54, 1.807) is 7.05 Å². The second-order valence-corrected chi connectivity index (χ2v) is 3.21. The van der Waals surface area contributed by atoms with Crippen LogP contribution in [0, 0.1) is 13.8 Å². The highest BCUT2D eigenvalue weighted by molar-refractivity contribution is 6.01. The quantitative estimate of drug-likeness (QED) is 0.656. The Morgan fingerprint density at radius 2 is 1.92 bits per heavy atom. The summed E-state index contributed by atoms with van der Waals surface area (Å²) in [6.45, 7) is 5.79. The van der Waals surface area contributed by atoms with Crippen LogP contribution in [0.2, 0.25) is 0 Å². The smallest absolute Gasteiger partial charge is 0.127 e. The number of aromatic hydroxyl groups is 1. The fourth-order valence-electron chi connectivity index (χ4n) is 1.21. The SMILES string of the molecule is CN=C(C)c1ccc(C)c(C)c1O. The number of aliphatic imine (C=N–C) groups is 1. The van der Waals surface area contributed by atoms with Crippen LogP contribution < -0.4 is 0 Å². The first kappa shape index (κ1) is 9.78. The van der Waals surface area contributed by atoms with Crippen LogP contribution in [0.25, 0.3) is 0 Å². The van der Waals surface area contributed by atoms with Gasteiger partial charge in [0.25, 0.3) is 0 Å². The van der Waals surface area contributed by atoms with Gasteiger partial charge in [-0.05, 0) is 38.0 Å². The van der Waals surface area contributed by atoms with Gasteiger partial charge in [0.05, 0.1) is 0 Å². The molecular formula is C11H15NO. The van der Waals surface area contributed by atoms with Crippen molar-refractivity contribution in [2.24, 2.45) is 4.99 Å². The van der Waals surface area contributed by atoms with Crippen LogP contribution in [0.1, 0.15) is 23.6 Å². The molecular weight excluding hydrogens is 162 g/mol. The van der Waals surface area contributed by atoms with Crippen LogP contribution in [0.5, 0.6) is 5.75 Å². The summed E-state index contributed by atoms with van der Waals surface area (Å²) in [4.78, 5) is 4.05. The Kier molecular flexibility index (Phi) is 2.71. The van der Waals surface area contributed by atoms with Gasteiger partial charge in [0.1, 0.15) is 5.75 Å². The second-order valence-electron chi connectivity index (χ2n) is 3.21. The molecule has 70 valence electrons. The number of phenolic OH excluding ortho intramolecular Hbond substituents is 1. The van der Waals surface area contributed by atoms with E-state index in [0.717, 1.165) is 22.4 Å². The predicted molar refractivity (Wildman–Crippen MR) is 55.7 cm³/mol. The minimum absolute atomic E-state index is 0.350. The van der Waals surface area contributed by atoms with Crippen LogP contribution in [0.15, 0.2) is 17.1 Å². The van der Waals surface area contributed by atoms with Crippen molar-refractivity contribution in [2.75, 3.05) is 7.05 Å². The normalized spacial score (nSPS) is 11.8. The summed E-state index contributed by atoms with van der Waals surface area (Å²) < 4.78 is 0. The predicted octanol–water partition coefficient (Wildman–Crippen LogP) is 2.45. The van der Waals surface area contributed by atoms with E-state index < -0.39 is 0 Å². The highest BCUT2D eigenvalue weighted by Gasteiger charge is 2.07. The number of hydrogen-bond acceptors (Lipinski definition) is 2. The van der Waals surface area contributed by atoms with Gasteiger partial charge in [0, 0.05) is 18.3 Å². The number of nitrogens with zero attached hydrogens (tertiary/aromatic N) is 1. The van der Waals surface area contributed by atoms with Crippen molar-refractivity contribution >= 4 is 5.71 Å². The van der Waals surface area contributed by atoms with Crippen LogP contribution >= 0.6 is 0 Å². The van der Waals surface area contributed by atoms with Crippen molar-refractivity contribution in [3.8, 4) is 5.75 Å². The van der Waals surface area contributed by atoms with Gasteiger partial charge in [0.2, 0.25) is 0 Å². The molecule has 1 rings (SSSR count). The topological polar surface area (TPSA) is 32.6 Å². The van der Waals surface area contributed by atoms with E-state index >= 15 is 0 Å². The molecule has 1 aromatic carbocycles. The first-order valence-electron chi connectivity index (χ1n) is 4.31. The van der Waals surface area contributed by atoms with Crippen LogP contribution in [-0.4, -0.2) is 17.9 Å². The Bertz CT molecular complexity index is 353. The average Bonchev–Trinajstić information content (AvgIpc) is 2.13. The lowest BCUT2D eigenvalue weighted by molar-refractivity contribution is 0.469. The molecule has 0 saturated heterocycles. The van der Waals surface area contributed by atoms with E-state index in [0.29, 0.717) is 5.75 Å². The fourth-order valence-corrected chi connectivity index (χ4v) is 1.21. The maximum Gasteiger partial charge on any atom is 0.127 e. The highest BCUT2D eigenvalue weighted by Crippen LogP contribution is 2.25. The van der Waals surface area contributed by atoms with E-state index in [-0.39, 0.29) is 0 Å². The molecule has 0 atom stereocenters. The Labute approximate surface area is 78.9 Å². The van der Waals surface area contributed by atoms with Crippen molar-refractivity contribution in [1.82, 2.24) is 0 Å². The lowest BCUT2D eigenvalue weighted by atomic mass is 10.0. The number of benzene rings is 1. The van der Waals surface area contributed by atoms with Gasteiger partial charge in [-0.2, -0.15) is 0 Å². The third kappa shape index (κ3) is 1.72. The molecule has 0 fully saturated rings. The summed E-state index contributed by atoms with van der Waals surface area (Å²) >= 11 is 0. The summed E-state index contributed by atoms with van der Waals surface area (Å²) in [5.41, 5.74) is 3.72. The number of phenols is 1. The lowest BCUT2D eigenvalue weighted by Crippen LogP contribution is -1.97. The zero-order chi connectivity index (χ0) is 10.0. The van der Waals surface area contributed by atoms with Crippen LogP contribution in [0.4, 0.5) is 0 Å². The molecule has 0 aromatic heterocycles. The molecule has 0 saturated carbocycles. The Hall–Kier alpha value is -1.31. The molecule has 0 spiro atoms. The molecule has 13 heavy (non-hydrogen) atoms. The summed E-state index contributed by atoms with van der Waals surface area (Å²) in [6.07, 6.45) is 0. The standard InChI is InChI=1S/C11H15NO/c1-7-5-6-10(9(3)12-4)11(13)8(7)2/h5-6,13H,1-4H3. The number of hydrogen-bond donors (Lipinski definition) is 1. The Balaban J connectivity index is 3.34. The van der Waals surface area contributed by atoms with Gasteiger partial charge in [-0.15, -0.1) is 0 Å². The van der Waals surface area contributed by atoms with E-state index in [4.69, 9.17) is 0 Å². The molecule has 0 aliphatic carbocycles. The van der Waals surface area contributed by atoms with Crippen molar-refractivity contribution in [3.05, 3.63) is 28.8 Å². The largest absolute Gasteiger partial charge is 0.507 e. The van der Waals surface area contributed by atoms with Crippen molar-refractivity contribution in [1.29, 1.82) is 0 Å². The van der Waals surface area contributed by atoms with E-state index in [2.05, 4.69) is 4.99 Å². The van der Waals surface area contributed by atoms with Gasteiger partial charge >= 0.3 is 0 Å². The lowest BCUT2D eigenvalue weighted by Gasteiger charge is -2.08. The first-order valence-corrected chi connectivity index (χ1v) is 4.31. The fraction of sp³-hybridized carbons (Fsp3) is 0.364. The van der Waals surface area contributed by atoms with E-state index in [1.165, 1.54) is 0 Å². The monoisotopic (exact) mass is 177 g/mol. The molecule has 1 N–H and O–H groups in total. The summed E-state index contributed by atoms with van der Waals surface area (Å²) in [5, 5.41) is 9.80. The van der Waals surface area contributed by atoms with Gasteiger partial charge < -0.3 is 5.11 Å². The Morgan fingerprint density at radius 1 is 1.31 bits per heavy atom. The highest BCUT2D eigenvalue weighted by atomic mass is 16.3. The van der Waals surface area contributed by atoms with Gasteiger partial charge in [0.15, 0.2) is 0 Å². The minimum atomic E-state index is 0.350. The summed E-state index contributed by atoms with van der Waals surface area (Å²) in [5.74, 6) is 0.350. The van der Waals surface area contributed by atoms with E-state index in [1.807, 2.05) is 32.9 Å². The van der Waals surface area contributed by atoms with Gasteiger partial charge in [-0.3, -0.25) is 4.99 Å². The van der Waals surface area contributed by atoms with Crippen molar-refractivity contribution in [3.63, 3.8) is 0 Å². The molecule has 0 heterocycles. The molecule has 0 radical (unpaired) electrons. The Morgan fingerprint density at radius 3 is 2.46 bits per heavy atom. The van der Waals surface area contributed by atoms with Gasteiger partial charge in [-0.25, -0.2) is 0 Å². The molecule has 0 unspecified atom stereocenters. The molecule has 2 heteroatoms. The molecule has 2 nitrogen and oxygen atoms in total. The first-order chi connectivity index (χ1) is 6.07. The maximum absolute atomic E-state index is 9.80. The number of rotatable bonds is 1. The zero-order valence-corrected chi connectivity index (χ0v) is 8.55. The molecule has 1 aromatic rings.